The highest BCUT2D eigenvalue weighted by molar-refractivity contribution is 7.18. The number of hydrogen-bond donors (Lipinski definition) is 1. The summed E-state index contributed by atoms with van der Waals surface area (Å²) in [6, 6.07) is 11.5. The Labute approximate surface area is 124 Å². The first-order valence-electron chi connectivity index (χ1n) is 6.04. The van der Waals surface area contributed by atoms with E-state index in [0.717, 1.165) is 37.0 Å². The minimum atomic E-state index is 0. The molecule has 2 aromatic heterocycles. The SMILES string of the molecule is Cc1nc2cc3[nH]c4ccccc4c(=O)c3cc2s1.Cl. The molecule has 100 valence electrons. The van der Waals surface area contributed by atoms with Crippen LogP contribution in [0.15, 0.2) is 41.2 Å². The van der Waals surface area contributed by atoms with Crippen LogP contribution in [0, 0.1) is 6.92 Å². The van der Waals surface area contributed by atoms with Gasteiger partial charge in [-0.05, 0) is 31.2 Å². The molecule has 0 amide bonds. The van der Waals surface area contributed by atoms with E-state index >= 15 is 0 Å². The Balaban J connectivity index is 0.00000121. The van der Waals surface area contributed by atoms with Crippen LogP contribution in [-0.2, 0) is 0 Å². The number of nitrogens with one attached hydrogen (secondary N) is 1. The van der Waals surface area contributed by atoms with Crippen molar-refractivity contribution in [3.05, 3.63) is 51.6 Å². The van der Waals surface area contributed by atoms with Crippen LogP contribution in [0.25, 0.3) is 32.0 Å². The van der Waals surface area contributed by atoms with Crippen LogP contribution < -0.4 is 5.43 Å². The highest BCUT2D eigenvalue weighted by atomic mass is 35.5. The molecule has 0 aliphatic rings. The highest BCUT2D eigenvalue weighted by Gasteiger charge is 2.08. The first-order chi connectivity index (χ1) is 9.22. The summed E-state index contributed by atoms with van der Waals surface area (Å²) in [5, 5.41) is 2.48. The van der Waals surface area contributed by atoms with E-state index in [-0.39, 0.29) is 17.8 Å². The Morgan fingerprint density at radius 3 is 2.75 bits per heavy atom. The maximum absolute atomic E-state index is 12.5. The fourth-order valence-corrected chi connectivity index (χ4v) is 3.31. The molecule has 3 nitrogen and oxygen atoms in total. The monoisotopic (exact) mass is 302 g/mol. The van der Waals surface area contributed by atoms with Gasteiger partial charge in [0.2, 0.25) is 0 Å². The Morgan fingerprint density at radius 1 is 1.10 bits per heavy atom. The predicted molar refractivity (Wildman–Crippen MR) is 87.2 cm³/mol. The molecule has 0 saturated carbocycles. The average Bonchev–Trinajstić information content (AvgIpc) is 2.76. The van der Waals surface area contributed by atoms with E-state index in [1.807, 2.05) is 43.3 Å². The average molecular weight is 303 g/mol. The van der Waals surface area contributed by atoms with Crippen LogP contribution in [0.4, 0.5) is 0 Å². The van der Waals surface area contributed by atoms with Crippen molar-refractivity contribution in [3.63, 3.8) is 0 Å². The van der Waals surface area contributed by atoms with Gasteiger partial charge in [0.05, 0.1) is 20.7 Å². The van der Waals surface area contributed by atoms with E-state index in [2.05, 4.69) is 9.97 Å². The summed E-state index contributed by atoms with van der Waals surface area (Å²) in [5.74, 6) is 0. The second-order valence-electron chi connectivity index (χ2n) is 4.60. The molecule has 2 aromatic carbocycles. The van der Waals surface area contributed by atoms with Crippen LogP contribution >= 0.6 is 23.7 Å². The van der Waals surface area contributed by atoms with Gasteiger partial charge in [-0.1, -0.05) is 12.1 Å². The van der Waals surface area contributed by atoms with Gasteiger partial charge in [0.15, 0.2) is 5.43 Å². The van der Waals surface area contributed by atoms with Gasteiger partial charge in [0, 0.05) is 16.3 Å². The molecule has 0 fully saturated rings. The number of benzene rings is 2. The molecule has 0 aliphatic heterocycles. The van der Waals surface area contributed by atoms with E-state index < -0.39 is 0 Å². The van der Waals surface area contributed by atoms with E-state index in [1.165, 1.54) is 0 Å². The summed E-state index contributed by atoms with van der Waals surface area (Å²) in [6.45, 7) is 1.98. The molecule has 1 N–H and O–H groups in total. The lowest BCUT2D eigenvalue weighted by atomic mass is 10.1. The maximum Gasteiger partial charge on any atom is 0.197 e. The molecule has 0 radical (unpaired) electrons. The highest BCUT2D eigenvalue weighted by Crippen LogP contribution is 2.26. The predicted octanol–water partition coefficient (Wildman–Crippen LogP) is 4.02. The molecule has 2 heterocycles. The maximum atomic E-state index is 12.5. The smallest absolute Gasteiger partial charge is 0.197 e. The van der Waals surface area contributed by atoms with Gasteiger partial charge in [-0.25, -0.2) is 4.98 Å². The molecular weight excluding hydrogens is 292 g/mol. The fraction of sp³-hybridized carbons (Fsp3) is 0.0667. The summed E-state index contributed by atoms with van der Waals surface area (Å²) in [6.07, 6.45) is 0. The van der Waals surface area contributed by atoms with E-state index in [4.69, 9.17) is 0 Å². The number of para-hydroxylation sites is 1. The Hall–Kier alpha value is -1.91. The fourth-order valence-electron chi connectivity index (χ4n) is 2.46. The number of H-pyrrole nitrogens is 1. The molecule has 0 bridgehead atoms. The van der Waals surface area contributed by atoms with Gasteiger partial charge in [-0.15, -0.1) is 23.7 Å². The topological polar surface area (TPSA) is 45.8 Å². The standard InChI is InChI=1S/C15H10N2OS.ClH/c1-8-16-13-7-12-10(6-14(13)19-8)15(18)9-4-2-3-5-11(9)17-12;/h2-7H,1H3,(H,17,18);1H. The van der Waals surface area contributed by atoms with Crippen LogP contribution in [-0.4, -0.2) is 9.97 Å². The molecule has 20 heavy (non-hydrogen) atoms. The summed E-state index contributed by atoms with van der Waals surface area (Å²) in [7, 11) is 0. The number of thiazole rings is 1. The minimum Gasteiger partial charge on any atom is -0.354 e. The third kappa shape index (κ3) is 1.80. The third-order valence-corrected chi connectivity index (χ3v) is 4.25. The third-order valence-electron chi connectivity index (χ3n) is 3.32. The van der Waals surface area contributed by atoms with Crippen molar-refractivity contribution in [3.8, 4) is 0 Å². The molecule has 0 atom stereocenters. The Morgan fingerprint density at radius 2 is 1.90 bits per heavy atom. The number of aryl methyl sites for hydroxylation is 1. The molecule has 5 heteroatoms. The zero-order chi connectivity index (χ0) is 13.0. The summed E-state index contributed by atoms with van der Waals surface area (Å²) < 4.78 is 1.06. The van der Waals surface area contributed by atoms with E-state index in [1.54, 1.807) is 11.3 Å². The zero-order valence-electron chi connectivity index (χ0n) is 10.6. The lowest BCUT2D eigenvalue weighted by Gasteiger charge is -2.02. The van der Waals surface area contributed by atoms with Crippen LogP contribution in [0.5, 0.6) is 0 Å². The summed E-state index contributed by atoms with van der Waals surface area (Å²) >= 11 is 1.62. The van der Waals surface area contributed by atoms with Gasteiger partial charge in [-0.3, -0.25) is 4.79 Å². The van der Waals surface area contributed by atoms with Gasteiger partial charge in [0.1, 0.15) is 0 Å². The van der Waals surface area contributed by atoms with Crippen molar-refractivity contribution in [1.29, 1.82) is 0 Å². The molecule has 0 aliphatic carbocycles. The first-order valence-corrected chi connectivity index (χ1v) is 6.86. The second-order valence-corrected chi connectivity index (χ2v) is 5.83. The van der Waals surface area contributed by atoms with Crippen molar-refractivity contribution >= 4 is 55.8 Å². The number of aromatic nitrogens is 2. The van der Waals surface area contributed by atoms with Gasteiger partial charge >= 0.3 is 0 Å². The van der Waals surface area contributed by atoms with Crippen molar-refractivity contribution in [2.24, 2.45) is 0 Å². The molecule has 4 aromatic rings. The van der Waals surface area contributed by atoms with Crippen molar-refractivity contribution in [1.82, 2.24) is 9.97 Å². The molecule has 4 rings (SSSR count). The van der Waals surface area contributed by atoms with Crippen LogP contribution in [0.1, 0.15) is 5.01 Å². The number of rotatable bonds is 0. The zero-order valence-corrected chi connectivity index (χ0v) is 12.3. The summed E-state index contributed by atoms with van der Waals surface area (Å²) in [5.41, 5.74) is 2.74. The van der Waals surface area contributed by atoms with Crippen molar-refractivity contribution in [2.75, 3.05) is 0 Å². The second kappa shape index (κ2) is 4.58. The Kier molecular flexibility index (Phi) is 3.00. The van der Waals surface area contributed by atoms with Crippen LogP contribution in [0.2, 0.25) is 0 Å². The molecule has 0 saturated heterocycles. The number of nitrogens with zero attached hydrogens (tertiary/aromatic N) is 1. The van der Waals surface area contributed by atoms with Crippen LogP contribution in [0.3, 0.4) is 0 Å². The minimum absolute atomic E-state index is 0. The summed E-state index contributed by atoms with van der Waals surface area (Å²) in [4.78, 5) is 20.3. The molecule has 0 unspecified atom stereocenters. The van der Waals surface area contributed by atoms with Crippen molar-refractivity contribution < 1.29 is 0 Å². The quantitative estimate of drug-likeness (QED) is 0.499. The number of aromatic amines is 1. The molecule has 0 spiro atoms. The van der Waals surface area contributed by atoms with Crippen molar-refractivity contribution in [2.45, 2.75) is 6.92 Å². The Bertz CT molecular complexity index is 1000. The lowest BCUT2D eigenvalue weighted by Crippen LogP contribution is -2.03. The normalized spacial score (nSPS) is 11.1. The van der Waals surface area contributed by atoms with Gasteiger partial charge < -0.3 is 4.98 Å². The van der Waals surface area contributed by atoms with E-state index in [0.29, 0.717) is 0 Å². The number of fused-ring (bicyclic) bond motifs is 3. The largest absolute Gasteiger partial charge is 0.354 e. The first kappa shape index (κ1) is 13.1. The van der Waals surface area contributed by atoms with E-state index in [9.17, 15) is 4.79 Å². The number of pyridine rings is 1. The van der Waals surface area contributed by atoms with Gasteiger partial charge in [-0.2, -0.15) is 0 Å². The number of halogens is 1. The lowest BCUT2D eigenvalue weighted by molar-refractivity contribution is 1.35. The van der Waals surface area contributed by atoms with Gasteiger partial charge in [0.25, 0.3) is 0 Å². The molecular formula is C15H11ClN2OS. The number of hydrogen-bond acceptors (Lipinski definition) is 3.